The lowest BCUT2D eigenvalue weighted by Gasteiger charge is -2.14. The van der Waals surface area contributed by atoms with Gasteiger partial charge in [0.05, 0.1) is 10.6 Å². The molecule has 0 saturated carbocycles. The summed E-state index contributed by atoms with van der Waals surface area (Å²) in [6, 6.07) is 16.4. The summed E-state index contributed by atoms with van der Waals surface area (Å²) in [4.78, 5) is 14.7. The number of benzene rings is 2. The van der Waals surface area contributed by atoms with Gasteiger partial charge in [0.1, 0.15) is 5.75 Å². The lowest BCUT2D eigenvalue weighted by molar-refractivity contribution is -0.113. The van der Waals surface area contributed by atoms with E-state index >= 15 is 0 Å². The molecule has 2 aromatic carbocycles. The first-order valence-electron chi connectivity index (χ1n) is 7.35. The van der Waals surface area contributed by atoms with E-state index in [-0.39, 0.29) is 11.7 Å². The fourth-order valence-corrected chi connectivity index (χ4v) is 3.70. The predicted octanol–water partition coefficient (Wildman–Crippen LogP) is 4.74. The number of thiocarbonyl (C=S) groups is 1. The summed E-state index contributed by atoms with van der Waals surface area (Å²) in [7, 11) is 0. The molecule has 0 aliphatic carbocycles. The molecule has 0 unspecified atom stereocenters. The molecule has 0 bridgehead atoms. The molecule has 24 heavy (non-hydrogen) atoms. The minimum Gasteiger partial charge on any atom is -0.508 e. The third-order valence-corrected chi connectivity index (χ3v) is 4.76. The molecule has 1 N–H and O–H groups in total. The molecule has 0 aromatic heterocycles. The van der Waals surface area contributed by atoms with E-state index in [0.29, 0.717) is 14.9 Å². The molecule has 1 aliphatic heterocycles. The van der Waals surface area contributed by atoms with Crippen molar-refractivity contribution < 1.29 is 9.90 Å². The highest BCUT2D eigenvalue weighted by molar-refractivity contribution is 8.27. The van der Waals surface area contributed by atoms with Crippen molar-refractivity contribution >= 4 is 46.0 Å². The number of hydrogen-bond donors (Lipinski definition) is 1. The van der Waals surface area contributed by atoms with Crippen molar-refractivity contribution in [1.29, 1.82) is 0 Å². The molecule has 3 rings (SSSR count). The van der Waals surface area contributed by atoms with E-state index in [0.717, 1.165) is 11.1 Å². The maximum absolute atomic E-state index is 12.6. The first-order valence-corrected chi connectivity index (χ1v) is 8.57. The van der Waals surface area contributed by atoms with Gasteiger partial charge in [-0.05, 0) is 48.4 Å². The van der Waals surface area contributed by atoms with Crippen molar-refractivity contribution in [3.63, 3.8) is 0 Å². The molecule has 1 saturated heterocycles. The van der Waals surface area contributed by atoms with Gasteiger partial charge in [0, 0.05) is 0 Å². The van der Waals surface area contributed by atoms with Crippen LogP contribution in [0.3, 0.4) is 0 Å². The summed E-state index contributed by atoms with van der Waals surface area (Å²) >= 11 is 6.62. The predicted molar refractivity (Wildman–Crippen MR) is 104 cm³/mol. The zero-order chi connectivity index (χ0) is 17.1. The SMILES string of the molecule is CC(=Cc1ccccc1)C=C1SC(=S)N(c2ccc(O)cc2)C1=O. The average Bonchev–Trinajstić information content (AvgIpc) is 2.83. The van der Waals surface area contributed by atoms with Crippen molar-refractivity contribution in [2.75, 3.05) is 4.90 Å². The molecule has 0 spiro atoms. The van der Waals surface area contributed by atoms with E-state index in [1.54, 1.807) is 12.1 Å². The van der Waals surface area contributed by atoms with E-state index in [2.05, 4.69) is 0 Å². The minimum absolute atomic E-state index is 0.142. The highest BCUT2D eigenvalue weighted by atomic mass is 32.2. The first-order chi connectivity index (χ1) is 11.5. The van der Waals surface area contributed by atoms with Crippen LogP contribution in [-0.2, 0) is 4.79 Å². The minimum atomic E-state index is -0.142. The summed E-state index contributed by atoms with van der Waals surface area (Å²) in [6.45, 7) is 1.96. The molecular formula is C19H15NO2S2. The van der Waals surface area contributed by atoms with Gasteiger partial charge in [0.2, 0.25) is 0 Å². The highest BCUT2D eigenvalue weighted by Gasteiger charge is 2.33. The molecule has 120 valence electrons. The fourth-order valence-electron chi connectivity index (χ4n) is 2.35. The van der Waals surface area contributed by atoms with Crippen LogP contribution in [0, 0.1) is 0 Å². The van der Waals surface area contributed by atoms with Crippen LogP contribution >= 0.6 is 24.0 Å². The standard InChI is InChI=1S/C19H15NO2S2/c1-13(11-14-5-3-2-4-6-14)12-17-18(22)20(19(23)24-17)15-7-9-16(21)10-8-15/h2-12,21H,1H3. The maximum Gasteiger partial charge on any atom is 0.270 e. The number of allylic oxidation sites excluding steroid dienone is 2. The van der Waals surface area contributed by atoms with Crippen molar-refractivity contribution in [3.05, 3.63) is 76.7 Å². The molecule has 1 amide bonds. The Morgan fingerprint density at radius 3 is 2.46 bits per heavy atom. The van der Waals surface area contributed by atoms with Crippen LogP contribution in [0.1, 0.15) is 12.5 Å². The van der Waals surface area contributed by atoms with Crippen LogP contribution in [0.15, 0.2) is 71.2 Å². The number of aromatic hydroxyl groups is 1. The number of rotatable bonds is 3. The van der Waals surface area contributed by atoms with E-state index < -0.39 is 0 Å². The van der Waals surface area contributed by atoms with E-state index in [9.17, 15) is 9.90 Å². The number of carbonyl (C=O) groups excluding carboxylic acids is 1. The summed E-state index contributed by atoms with van der Waals surface area (Å²) in [5, 5.41) is 9.38. The Bertz CT molecular complexity index is 839. The van der Waals surface area contributed by atoms with Gasteiger partial charge in [-0.2, -0.15) is 0 Å². The fraction of sp³-hybridized carbons (Fsp3) is 0.0526. The van der Waals surface area contributed by atoms with Crippen LogP contribution in [0.25, 0.3) is 6.08 Å². The first kappa shape index (κ1) is 16.5. The Morgan fingerprint density at radius 2 is 1.79 bits per heavy atom. The van der Waals surface area contributed by atoms with Crippen molar-refractivity contribution in [2.45, 2.75) is 6.92 Å². The number of phenols is 1. The lowest BCUT2D eigenvalue weighted by Crippen LogP contribution is -2.27. The second kappa shape index (κ2) is 7.03. The topological polar surface area (TPSA) is 40.5 Å². The Labute approximate surface area is 150 Å². The molecule has 1 aliphatic rings. The van der Waals surface area contributed by atoms with Gasteiger partial charge in [-0.1, -0.05) is 60.4 Å². The van der Waals surface area contributed by atoms with Crippen molar-refractivity contribution in [1.82, 2.24) is 0 Å². The summed E-state index contributed by atoms with van der Waals surface area (Å²) < 4.78 is 0.490. The van der Waals surface area contributed by atoms with E-state index in [1.807, 2.05) is 49.4 Å². The van der Waals surface area contributed by atoms with E-state index in [1.165, 1.54) is 28.8 Å². The summed E-state index contributed by atoms with van der Waals surface area (Å²) in [5.74, 6) is 0.0119. The normalized spacial score (nSPS) is 17.0. The van der Waals surface area contributed by atoms with Crippen LogP contribution < -0.4 is 4.90 Å². The molecule has 0 atom stereocenters. The van der Waals surface area contributed by atoms with Gasteiger partial charge >= 0.3 is 0 Å². The molecule has 0 radical (unpaired) electrons. The Balaban J connectivity index is 1.85. The monoisotopic (exact) mass is 353 g/mol. The summed E-state index contributed by atoms with van der Waals surface area (Å²) in [6.07, 6.45) is 3.87. The number of carbonyl (C=O) groups is 1. The van der Waals surface area contributed by atoms with Crippen LogP contribution in [-0.4, -0.2) is 15.3 Å². The number of thioether (sulfide) groups is 1. The number of nitrogens with zero attached hydrogens (tertiary/aromatic N) is 1. The van der Waals surface area contributed by atoms with Gasteiger partial charge < -0.3 is 5.11 Å². The van der Waals surface area contributed by atoms with Gasteiger partial charge in [0.25, 0.3) is 5.91 Å². The molecule has 2 aromatic rings. The second-order valence-electron chi connectivity index (χ2n) is 5.33. The van der Waals surface area contributed by atoms with Crippen molar-refractivity contribution in [3.8, 4) is 5.75 Å². The zero-order valence-corrected chi connectivity index (χ0v) is 14.6. The van der Waals surface area contributed by atoms with Crippen LogP contribution in [0.2, 0.25) is 0 Å². The Morgan fingerprint density at radius 1 is 1.12 bits per heavy atom. The van der Waals surface area contributed by atoms with Gasteiger partial charge in [0.15, 0.2) is 4.32 Å². The second-order valence-corrected chi connectivity index (χ2v) is 7.01. The summed E-state index contributed by atoms with van der Waals surface area (Å²) in [5.41, 5.74) is 2.72. The van der Waals surface area contributed by atoms with Gasteiger partial charge in [-0.3, -0.25) is 9.69 Å². The number of hydrogen-bond acceptors (Lipinski definition) is 4. The smallest absolute Gasteiger partial charge is 0.270 e. The molecule has 1 heterocycles. The van der Waals surface area contributed by atoms with Gasteiger partial charge in [-0.15, -0.1) is 0 Å². The Kier molecular flexibility index (Phi) is 4.83. The third kappa shape index (κ3) is 3.58. The number of amides is 1. The quantitative estimate of drug-likeness (QED) is 0.639. The maximum atomic E-state index is 12.6. The van der Waals surface area contributed by atoms with Gasteiger partial charge in [-0.25, -0.2) is 0 Å². The molecule has 3 nitrogen and oxygen atoms in total. The number of anilines is 1. The Hall–Kier alpha value is -2.37. The highest BCUT2D eigenvalue weighted by Crippen LogP contribution is 2.36. The van der Waals surface area contributed by atoms with Crippen molar-refractivity contribution in [2.24, 2.45) is 0 Å². The molecule has 5 heteroatoms. The zero-order valence-electron chi connectivity index (χ0n) is 13.0. The molecular weight excluding hydrogens is 338 g/mol. The lowest BCUT2D eigenvalue weighted by atomic mass is 10.1. The van der Waals surface area contributed by atoms with Crippen LogP contribution in [0.4, 0.5) is 5.69 Å². The third-order valence-electron chi connectivity index (χ3n) is 3.45. The van der Waals surface area contributed by atoms with E-state index in [4.69, 9.17) is 12.2 Å². The largest absolute Gasteiger partial charge is 0.508 e. The average molecular weight is 353 g/mol. The molecule has 1 fully saturated rings. The van der Waals surface area contributed by atoms with Crippen LogP contribution in [0.5, 0.6) is 5.75 Å². The number of phenolic OH excluding ortho intramolecular Hbond substituents is 1.